The van der Waals surface area contributed by atoms with Crippen molar-refractivity contribution in [2.45, 2.75) is 17.3 Å². The van der Waals surface area contributed by atoms with Crippen molar-refractivity contribution in [1.82, 2.24) is 10.2 Å². The van der Waals surface area contributed by atoms with Gasteiger partial charge in [0.25, 0.3) is 5.91 Å². The fraction of sp³-hybridized carbons (Fsp3) is 0.286. The van der Waals surface area contributed by atoms with Crippen LogP contribution in [-0.4, -0.2) is 56.0 Å². The van der Waals surface area contributed by atoms with E-state index in [-0.39, 0.29) is 16.5 Å². The van der Waals surface area contributed by atoms with Crippen LogP contribution in [0, 0.1) is 0 Å². The number of carbonyl (C=O) groups is 4. The Morgan fingerprint density at radius 3 is 2.64 bits per heavy atom. The number of halogens is 1. The zero-order chi connectivity index (χ0) is 18.3. The van der Waals surface area contributed by atoms with E-state index in [0.29, 0.717) is 5.56 Å². The van der Waals surface area contributed by atoms with E-state index in [0.717, 1.165) is 4.90 Å². The van der Waals surface area contributed by atoms with E-state index in [9.17, 15) is 29.4 Å². The minimum Gasteiger partial charge on any atom is -0.480 e. The van der Waals surface area contributed by atoms with E-state index < -0.39 is 41.1 Å². The minimum atomic E-state index is -1.43. The first-order valence-corrected chi connectivity index (χ1v) is 9.31. The smallest absolute Gasteiger partial charge is 0.353 e. The molecule has 0 bridgehead atoms. The molecule has 11 heteroatoms. The molecule has 3 rings (SSSR count). The largest absolute Gasteiger partial charge is 0.480 e. The van der Waals surface area contributed by atoms with Crippen LogP contribution in [-0.2, 0) is 19.2 Å². The molecule has 2 aliphatic heterocycles. The molecule has 2 aliphatic rings. The third-order valence-electron chi connectivity index (χ3n) is 3.81. The fourth-order valence-electron chi connectivity index (χ4n) is 2.66. The zero-order valence-electron chi connectivity index (χ0n) is 12.3. The molecule has 3 N–H and O–H groups in total. The molecule has 3 atom stereocenters. The van der Waals surface area contributed by atoms with Gasteiger partial charge in [-0.25, -0.2) is 4.79 Å². The van der Waals surface area contributed by atoms with Crippen LogP contribution in [0.4, 0.5) is 0 Å². The van der Waals surface area contributed by atoms with Crippen LogP contribution in [0.3, 0.4) is 0 Å². The molecule has 2 unspecified atom stereocenters. The molecule has 0 spiro atoms. The van der Waals surface area contributed by atoms with Crippen molar-refractivity contribution in [3.05, 3.63) is 33.1 Å². The number of β-lactam (4-membered cyclic amide) rings is 1. The normalized spacial score (nSPS) is 23.6. The maximum absolute atomic E-state index is 12.4. The third-order valence-corrected chi connectivity index (χ3v) is 6.26. The van der Waals surface area contributed by atoms with Gasteiger partial charge in [0.15, 0.2) is 5.92 Å². The predicted octanol–water partition coefficient (Wildman–Crippen LogP) is 0.851. The average molecular weight is 403 g/mol. The number of aliphatic carboxylic acids is 2. The Balaban J connectivity index is 1.77. The maximum Gasteiger partial charge on any atom is 0.353 e. The van der Waals surface area contributed by atoms with Crippen LogP contribution in [0.1, 0.15) is 11.5 Å². The van der Waals surface area contributed by atoms with Gasteiger partial charge in [-0.15, -0.1) is 11.8 Å². The van der Waals surface area contributed by atoms with E-state index in [1.54, 1.807) is 10.8 Å². The summed E-state index contributed by atoms with van der Waals surface area (Å²) < 4.78 is 0. The molecule has 1 aromatic rings. The molecule has 1 aromatic heterocycles. The van der Waals surface area contributed by atoms with Crippen LogP contribution in [0.25, 0.3) is 0 Å². The topological polar surface area (TPSA) is 124 Å². The molecule has 0 aromatic carbocycles. The number of carboxylic acid groups (broad SMARTS) is 2. The number of fused-ring (bicyclic) bond motifs is 1. The van der Waals surface area contributed by atoms with Crippen LogP contribution in [0.5, 0.6) is 0 Å². The Hall–Kier alpha value is -2.04. The predicted molar refractivity (Wildman–Crippen MR) is 90.2 cm³/mol. The van der Waals surface area contributed by atoms with Crippen LogP contribution in [0.15, 0.2) is 27.6 Å². The summed E-state index contributed by atoms with van der Waals surface area (Å²) in [5.41, 5.74) is 0.0256. The first kappa shape index (κ1) is 17.8. The second kappa shape index (κ2) is 6.70. The van der Waals surface area contributed by atoms with E-state index in [1.165, 1.54) is 29.2 Å². The number of rotatable bonds is 5. The molecule has 3 heterocycles. The molecule has 25 heavy (non-hydrogen) atoms. The lowest BCUT2D eigenvalue weighted by Gasteiger charge is -2.48. The Kier molecular flexibility index (Phi) is 4.76. The van der Waals surface area contributed by atoms with E-state index in [1.807, 2.05) is 0 Å². The SMILES string of the molecule is O=C(O)C1=C(Cl)CS[C@H]2C(NC(=O)C(C(=O)O)c3ccsc3)C(=O)N12. The summed E-state index contributed by atoms with van der Waals surface area (Å²) in [7, 11) is 0. The standard InChI is InChI=1S/C14H11ClN2O6S2/c15-6-4-25-12-8(11(19)17(12)9(6)14(22)23)16-10(18)7(13(20)21)5-1-2-24-3-5/h1-3,7-8,12H,4H2,(H,16,18)(H,20,21)(H,22,23)/t7?,8?,12-/m0/s1. The number of carbonyl (C=O) groups excluding carboxylic acids is 2. The van der Waals surface area contributed by atoms with E-state index >= 15 is 0 Å². The number of nitrogens with zero attached hydrogens (tertiary/aromatic N) is 1. The lowest BCUT2D eigenvalue weighted by molar-refractivity contribution is -0.152. The van der Waals surface area contributed by atoms with Crippen LogP contribution < -0.4 is 5.32 Å². The van der Waals surface area contributed by atoms with Gasteiger partial charge in [0, 0.05) is 5.75 Å². The average Bonchev–Trinajstić information content (AvgIpc) is 3.05. The van der Waals surface area contributed by atoms with Crippen molar-refractivity contribution in [3.63, 3.8) is 0 Å². The molecule has 2 amide bonds. The number of carboxylic acids is 2. The summed E-state index contributed by atoms with van der Waals surface area (Å²) in [6, 6.07) is 0.537. The Morgan fingerprint density at radius 2 is 2.08 bits per heavy atom. The first-order valence-electron chi connectivity index (χ1n) is 6.94. The number of amides is 2. The van der Waals surface area contributed by atoms with Gasteiger partial charge in [0.2, 0.25) is 5.91 Å². The monoisotopic (exact) mass is 402 g/mol. The van der Waals surface area contributed by atoms with Crippen molar-refractivity contribution in [2.24, 2.45) is 0 Å². The van der Waals surface area contributed by atoms with Crippen molar-refractivity contribution < 1.29 is 29.4 Å². The molecule has 0 radical (unpaired) electrons. The van der Waals surface area contributed by atoms with Crippen molar-refractivity contribution in [3.8, 4) is 0 Å². The minimum absolute atomic E-state index is 0.0496. The Bertz CT molecular complexity index is 793. The Morgan fingerprint density at radius 1 is 1.36 bits per heavy atom. The summed E-state index contributed by atoms with van der Waals surface area (Å²) in [6.45, 7) is 0. The number of nitrogens with one attached hydrogen (secondary N) is 1. The molecule has 1 fully saturated rings. The highest BCUT2D eigenvalue weighted by molar-refractivity contribution is 8.00. The second-order valence-corrected chi connectivity index (χ2v) is 7.62. The highest BCUT2D eigenvalue weighted by atomic mass is 35.5. The molecule has 8 nitrogen and oxygen atoms in total. The van der Waals surface area contributed by atoms with Crippen molar-refractivity contribution >= 4 is 58.5 Å². The van der Waals surface area contributed by atoms with Gasteiger partial charge in [-0.1, -0.05) is 11.6 Å². The number of hydrogen-bond donors (Lipinski definition) is 3. The summed E-state index contributed by atoms with van der Waals surface area (Å²) in [6.07, 6.45) is 0. The highest BCUT2D eigenvalue weighted by Crippen LogP contribution is 2.41. The van der Waals surface area contributed by atoms with E-state index in [4.69, 9.17) is 11.6 Å². The number of thiophene rings is 1. The van der Waals surface area contributed by atoms with Gasteiger partial charge in [-0.3, -0.25) is 19.3 Å². The summed E-state index contributed by atoms with van der Waals surface area (Å²) >= 11 is 8.33. The molecule has 1 saturated heterocycles. The number of thioether (sulfide) groups is 1. The molecule has 132 valence electrons. The van der Waals surface area contributed by atoms with Gasteiger partial charge >= 0.3 is 11.9 Å². The van der Waals surface area contributed by atoms with Gasteiger partial charge in [0.05, 0.1) is 5.03 Å². The van der Waals surface area contributed by atoms with Gasteiger partial charge in [-0.05, 0) is 22.4 Å². The third kappa shape index (κ3) is 3.00. The van der Waals surface area contributed by atoms with Gasteiger partial charge < -0.3 is 15.5 Å². The molecule has 0 aliphatic carbocycles. The highest BCUT2D eigenvalue weighted by Gasteiger charge is 2.54. The second-order valence-electron chi connectivity index (χ2n) is 5.28. The van der Waals surface area contributed by atoms with Crippen molar-refractivity contribution in [1.29, 1.82) is 0 Å². The quantitative estimate of drug-likeness (QED) is 0.492. The summed E-state index contributed by atoms with van der Waals surface area (Å²) in [5.74, 6) is -5.34. The lowest BCUT2D eigenvalue weighted by Crippen LogP contribution is -2.70. The van der Waals surface area contributed by atoms with Crippen LogP contribution >= 0.6 is 34.7 Å². The first-order chi connectivity index (χ1) is 11.8. The lowest BCUT2D eigenvalue weighted by atomic mass is 9.99. The maximum atomic E-state index is 12.4. The summed E-state index contributed by atoms with van der Waals surface area (Å²) in [5, 5.41) is 23.6. The van der Waals surface area contributed by atoms with Crippen molar-refractivity contribution in [2.75, 3.05) is 5.75 Å². The molecular weight excluding hydrogens is 392 g/mol. The zero-order valence-corrected chi connectivity index (χ0v) is 14.7. The van der Waals surface area contributed by atoms with E-state index in [2.05, 4.69) is 5.32 Å². The van der Waals surface area contributed by atoms with Gasteiger partial charge in [0.1, 0.15) is 17.1 Å². The Labute approximate surface area is 154 Å². The number of hydrogen-bond acceptors (Lipinski definition) is 6. The fourth-order valence-corrected chi connectivity index (χ4v) is 4.90. The van der Waals surface area contributed by atoms with Gasteiger partial charge in [-0.2, -0.15) is 11.3 Å². The molecular formula is C14H11ClN2O6S2. The molecule has 0 saturated carbocycles. The van der Waals surface area contributed by atoms with Crippen LogP contribution in [0.2, 0.25) is 0 Å². The summed E-state index contributed by atoms with van der Waals surface area (Å²) in [4.78, 5) is 48.3.